The molecule has 2 aromatic heterocycles. The van der Waals surface area contributed by atoms with Gasteiger partial charge in [0.05, 0.1) is 65.1 Å². The van der Waals surface area contributed by atoms with E-state index in [1.54, 1.807) is 9.36 Å². The Labute approximate surface area is 525 Å². The molecule has 2 N–H and O–H groups in total. The van der Waals surface area contributed by atoms with Crippen molar-refractivity contribution in [2.75, 3.05) is 78.9 Å². The number of carbonyl (C=O) groups excluding carboxylic acids is 2. The van der Waals surface area contributed by atoms with Crippen molar-refractivity contribution in [2.24, 2.45) is 0 Å². The van der Waals surface area contributed by atoms with E-state index < -0.39 is 0 Å². The lowest BCUT2D eigenvalue weighted by Gasteiger charge is -2.28. The van der Waals surface area contributed by atoms with Gasteiger partial charge in [0.1, 0.15) is 36.1 Å². The maximum atomic E-state index is 13.0. The average molecular weight is 1210 g/mol. The Balaban J connectivity index is 0.517. The van der Waals surface area contributed by atoms with Crippen LogP contribution >= 0.6 is 0 Å². The van der Waals surface area contributed by atoms with E-state index in [1.165, 1.54) is 22.3 Å². The van der Waals surface area contributed by atoms with Gasteiger partial charge in [-0.15, -0.1) is 10.2 Å². The van der Waals surface area contributed by atoms with Crippen LogP contribution in [0.15, 0.2) is 158 Å². The minimum absolute atomic E-state index is 0.0393. The van der Waals surface area contributed by atoms with Crippen LogP contribution in [-0.2, 0) is 66.2 Å². The predicted octanol–water partition coefficient (Wildman–Crippen LogP) is 10.9. The van der Waals surface area contributed by atoms with Crippen LogP contribution in [0.25, 0.3) is 22.3 Å². The lowest BCUT2D eigenvalue weighted by molar-refractivity contribution is 0.0110. The molecule has 8 aromatic rings. The maximum absolute atomic E-state index is 13.0. The number of amides is 2. The zero-order chi connectivity index (χ0) is 61.2. The fraction of sp³-hybridized carbons (Fsp3) is 0.417. The summed E-state index contributed by atoms with van der Waals surface area (Å²) in [4.78, 5) is 31.2. The van der Waals surface area contributed by atoms with Crippen molar-refractivity contribution in [3.8, 4) is 33.8 Å². The van der Waals surface area contributed by atoms with E-state index in [-0.39, 0.29) is 25.0 Å². The van der Waals surface area contributed by atoms with Gasteiger partial charge >= 0.3 is 0 Å². The SMILES string of the molecule is CCCN(CCCCNC(=O)c1ccc(-c2ccc(OCc3cn(CCOCCOCCOCCn4cc(COc5ccc(-c6ccc(C(=O)NCCCCN(CCC)C7Cc8ccccc8C7)cc6)cc5)nn4)nn3)cc2)cc1)C1Cc2ccccc2C1. The Morgan fingerprint density at radius 2 is 0.798 bits per heavy atom. The van der Waals surface area contributed by atoms with Crippen LogP contribution in [0.3, 0.4) is 0 Å². The molecule has 2 amide bonds. The van der Waals surface area contributed by atoms with Crippen LogP contribution in [0.4, 0.5) is 0 Å². The highest BCUT2D eigenvalue weighted by Crippen LogP contribution is 2.29. The molecule has 0 aliphatic heterocycles. The molecule has 0 atom stereocenters. The summed E-state index contributed by atoms with van der Waals surface area (Å²) < 4.78 is 32.7. The van der Waals surface area contributed by atoms with E-state index in [2.05, 4.69) is 103 Å². The smallest absolute Gasteiger partial charge is 0.251 e. The van der Waals surface area contributed by atoms with Gasteiger partial charge < -0.3 is 34.3 Å². The molecule has 10 rings (SSSR count). The van der Waals surface area contributed by atoms with E-state index >= 15 is 0 Å². The third kappa shape index (κ3) is 19.5. The maximum Gasteiger partial charge on any atom is 0.251 e. The lowest BCUT2D eigenvalue weighted by atomic mass is 10.0. The summed E-state index contributed by atoms with van der Waals surface area (Å²) in [6, 6.07) is 50.2. The molecule has 0 saturated carbocycles. The Bertz CT molecular complexity index is 3130. The first kappa shape index (κ1) is 63.9. The molecule has 2 aliphatic carbocycles. The monoisotopic (exact) mass is 1200 g/mol. The molecule has 17 heteroatoms. The second-order valence-corrected chi connectivity index (χ2v) is 23.2. The van der Waals surface area contributed by atoms with Crippen LogP contribution in [-0.4, -0.2) is 143 Å². The van der Waals surface area contributed by atoms with E-state index in [9.17, 15) is 9.59 Å². The van der Waals surface area contributed by atoms with Gasteiger partial charge in [-0.2, -0.15) is 0 Å². The molecule has 0 saturated heterocycles. The Morgan fingerprint density at radius 1 is 0.449 bits per heavy atom. The number of hydrogen-bond acceptors (Lipinski definition) is 13. The zero-order valence-corrected chi connectivity index (χ0v) is 52.0. The van der Waals surface area contributed by atoms with E-state index in [0.717, 1.165) is 136 Å². The van der Waals surface area contributed by atoms with Gasteiger partial charge in [0.15, 0.2) is 0 Å². The van der Waals surface area contributed by atoms with Crippen molar-refractivity contribution in [3.63, 3.8) is 0 Å². The summed E-state index contributed by atoms with van der Waals surface area (Å²) in [5.41, 5.74) is 12.9. The molecule has 0 bridgehead atoms. The minimum Gasteiger partial charge on any atom is -0.487 e. The van der Waals surface area contributed by atoms with Crippen molar-refractivity contribution in [1.82, 2.24) is 50.4 Å². The molecule has 0 radical (unpaired) electrons. The normalized spacial score (nSPS) is 13.1. The number of ether oxygens (including phenoxy) is 5. The second kappa shape index (κ2) is 34.1. The predicted molar refractivity (Wildman–Crippen MR) is 347 cm³/mol. The third-order valence-corrected chi connectivity index (χ3v) is 16.7. The van der Waals surface area contributed by atoms with Crippen LogP contribution in [0.2, 0.25) is 0 Å². The summed E-state index contributed by atoms with van der Waals surface area (Å²) >= 11 is 0. The molecule has 2 heterocycles. The van der Waals surface area contributed by atoms with Crippen molar-refractivity contribution < 1.29 is 33.3 Å². The van der Waals surface area contributed by atoms with E-state index in [1.807, 2.05) is 109 Å². The molecule has 6 aromatic carbocycles. The summed E-state index contributed by atoms with van der Waals surface area (Å²) in [7, 11) is 0. The van der Waals surface area contributed by atoms with Gasteiger partial charge in [-0.25, -0.2) is 9.36 Å². The van der Waals surface area contributed by atoms with Crippen LogP contribution in [0.1, 0.15) is 107 Å². The number of carbonyl (C=O) groups is 2. The Kier molecular flexibility index (Phi) is 24.5. The molecule has 0 fully saturated rings. The molecule has 89 heavy (non-hydrogen) atoms. The quantitative estimate of drug-likeness (QED) is 0.0351. The van der Waals surface area contributed by atoms with Crippen molar-refractivity contribution in [1.29, 1.82) is 0 Å². The molecule has 468 valence electrons. The second-order valence-electron chi connectivity index (χ2n) is 23.2. The highest BCUT2D eigenvalue weighted by Gasteiger charge is 2.27. The van der Waals surface area contributed by atoms with Crippen LogP contribution < -0.4 is 20.1 Å². The fourth-order valence-corrected chi connectivity index (χ4v) is 11.9. The molecule has 17 nitrogen and oxygen atoms in total. The topological polar surface area (TPSA) is 172 Å². The standard InChI is InChI=1S/C72H88N10O7/c1-3-35-79(67-47-61-13-5-6-14-62(61)48-67)37-11-9-33-73-71(83)59-21-17-55(18-22-59)57-25-29-69(30-26-57)88-53-65-51-81(77-75-65)39-41-85-43-45-87-46-44-86-42-40-82-52-66(76-78-82)54-89-70-31-27-58(28-32-70)56-19-23-60(24-20-56)72(84)74-34-10-12-38-80(36-4-2)68-49-63-15-7-8-16-64(63)50-68/h5-8,13-32,51-52,67-68H,3-4,9-12,33-50,53-54H2,1-2H3,(H,73,83)(H,74,84). The van der Waals surface area contributed by atoms with Gasteiger partial charge in [0, 0.05) is 36.3 Å². The molecule has 0 unspecified atom stereocenters. The van der Waals surface area contributed by atoms with E-state index in [4.69, 9.17) is 23.7 Å². The average Bonchev–Trinajstić information content (AvgIpc) is 4.25. The van der Waals surface area contributed by atoms with Crippen molar-refractivity contribution in [3.05, 3.63) is 203 Å². The first-order valence-corrected chi connectivity index (χ1v) is 32.2. The number of hydrogen-bond donors (Lipinski definition) is 2. The van der Waals surface area contributed by atoms with Gasteiger partial charge in [-0.3, -0.25) is 19.4 Å². The lowest BCUT2D eigenvalue weighted by Crippen LogP contribution is -2.37. The van der Waals surface area contributed by atoms with Crippen LogP contribution in [0.5, 0.6) is 11.5 Å². The highest BCUT2D eigenvalue weighted by molar-refractivity contribution is 5.95. The summed E-state index contributed by atoms with van der Waals surface area (Å²) in [6.45, 7) is 14.7. The summed E-state index contributed by atoms with van der Waals surface area (Å²) in [5, 5.41) is 23.2. The number of benzene rings is 6. The van der Waals surface area contributed by atoms with Crippen molar-refractivity contribution >= 4 is 11.8 Å². The summed E-state index contributed by atoms with van der Waals surface area (Å²) in [5.74, 6) is 1.38. The van der Waals surface area contributed by atoms with Crippen molar-refractivity contribution in [2.45, 2.75) is 116 Å². The number of rotatable bonds is 38. The summed E-state index contributed by atoms with van der Waals surface area (Å²) in [6.07, 6.45) is 14.6. The molecule has 0 spiro atoms. The van der Waals surface area contributed by atoms with Gasteiger partial charge in [0.25, 0.3) is 11.8 Å². The van der Waals surface area contributed by atoms with Gasteiger partial charge in [-0.05, 0) is 183 Å². The van der Waals surface area contributed by atoms with Crippen LogP contribution in [0, 0.1) is 0 Å². The number of fused-ring (bicyclic) bond motifs is 2. The van der Waals surface area contributed by atoms with Gasteiger partial charge in [-0.1, -0.05) is 121 Å². The molecule has 2 aliphatic rings. The fourth-order valence-electron chi connectivity index (χ4n) is 11.9. The number of unbranched alkanes of at least 4 members (excludes halogenated alkanes) is 2. The zero-order valence-electron chi connectivity index (χ0n) is 52.0. The number of nitrogens with one attached hydrogen (secondary N) is 2. The number of aromatic nitrogens is 6. The first-order valence-electron chi connectivity index (χ1n) is 32.2. The Morgan fingerprint density at radius 3 is 1.16 bits per heavy atom. The van der Waals surface area contributed by atoms with E-state index in [0.29, 0.717) is 89.0 Å². The highest BCUT2D eigenvalue weighted by atomic mass is 16.5. The molecular weight excluding hydrogens is 1120 g/mol. The first-order chi connectivity index (χ1) is 43.8. The Hall–Kier alpha value is -8.06. The number of nitrogens with zero attached hydrogens (tertiary/aromatic N) is 8. The minimum atomic E-state index is -0.0393. The largest absolute Gasteiger partial charge is 0.487 e. The molecular formula is C72H88N10O7. The van der Waals surface area contributed by atoms with Gasteiger partial charge in [0.2, 0.25) is 0 Å². The third-order valence-electron chi connectivity index (χ3n) is 16.7.